The van der Waals surface area contributed by atoms with Crippen LogP contribution in [0.2, 0.25) is 0 Å². The largest absolute Gasteiger partial charge is 0.344 e. The molecule has 0 spiro atoms. The first-order chi connectivity index (χ1) is 3.39. The quantitative estimate of drug-likeness (QED) is 0.557. The third-order valence-electron chi connectivity index (χ3n) is 2.30. The maximum absolute atomic E-state index is 5.85. The van der Waals surface area contributed by atoms with Crippen LogP contribution in [0.4, 0.5) is 0 Å². The molecule has 1 nitrogen and oxygen atoms in total. The van der Waals surface area contributed by atoms with Crippen molar-refractivity contribution in [1.82, 2.24) is 6.15 Å². The summed E-state index contributed by atoms with van der Waals surface area (Å²) in [5.41, 5.74) is 0. The number of rotatable bonds is 0. The topological polar surface area (TPSA) is 35.0 Å². The predicted molar refractivity (Wildman–Crippen MR) is 42.7 cm³/mol. The normalized spacial score (nSPS) is 44.3. The van der Waals surface area contributed by atoms with Gasteiger partial charge in [-0.2, -0.15) is 0 Å². The molecule has 2 unspecified atom stereocenters. The number of hydrogen-bond donors (Lipinski definition) is 1. The van der Waals surface area contributed by atoms with E-state index >= 15 is 0 Å². The predicted octanol–water partition coefficient (Wildman–Crippen LogP) is 2.61. The van der Waals surface area contributed by atoms with Gasteiger partial charge in [-0.1, -0.05) is 6.42 Å². The van der Waals surface area contributed by atoms with E-state index in [0.717, 1.165) is 11.8 Å². The van der Waals surface area contributed by atoms with Gasteiger partial charge in [0.15, 0.2) is 0 Å². The number of halogens is 2. The Morgan fingerprint density at radius 2 is 1.56 bits per heavy atom. The average molecular weight is 170 g/mol. The monoisotopic (exact) mass is 169 g/mol. The van der Waals surface area contributed by atoms with E-state index in [4.69, 9.17) is 11.6 Å². The van der Waals surface area contributed by atoms with Crippen LogP contribution in [-0.4, -0.2) is 5.38 Å². The molecule has 2 rings (SSSR count). The van der Waals surface area contributed by atoms with Crippen molar-refractivity contribution in [3.05, 3.63) is 0 Å². The van der Waals surface area contributed by atoms with Gasteiger partial charge in [0.25, 0.3) is 0 Å². The van der Waals surface area contributed by atoms with E-state index in [2.05, 4.69) is 0 Å². The van der Waals surface area contributed by atoms with E-state index in [-0.39, 0.29) is 18.6 Å². The molecule has 2 saturated carbocycles. The molecule has 0 heterocycles. The van der Waals surface area contributed by atoms with E-state index in [0.29, 0.717) is 5.38 Å². The average Bonchev–Trinajstić information content (AvgIpc) is 2.26. The highest BCUT2D eigenvalue weighted by Crippen LogP contribution is 2.55. The van der Waals surface area contributed by atoms with E-state index < -0.39 is 0 Å². The summed E-state index contributed by atoms with van der Waals surface area (Å²) in [5, 5.41) is 0.591. The van der Waals surface area contributed by atoms with Crippen LogP contribution >= 0.6 is 24.0 Å². The van der Waals surface area contributed by atoms with Crippen LogP contribution in [0.5, 0.6) is 0 Å². The van der Waals surface area contributed by atoms with Gasteiger partial charge in [0.1, 0.15) is 0 Å². The van der Waals surface area contributed by atoms with Crippen LogP contribution in [0.15, 0.2) is 0 Å². The SMILES string of the molecule is Cl.ClC1C2CCCC12.N. The molecule has 2 aliphatic rings. The third-order valence-corrected chi connectivity index (χ3v) is 2.95. The number of alkyl halides is 1. The van der Waals surface area contributed by atoms with E-state index in [9.17, 15) is 0 Å². The van der Waals surface area contributed by atoms with Crippen molar-refractivity contribution in [3.63, 3.8) is 0 Å². The lowest BCUT2D eigenvalue weighted by Gasteiger charge is -1.88. The van der Waals surface area contributed by atoms with Crippen molar-refractivity contribution >= 4 is 24.0 Å². The first-order valence-electron chi connectivity index (χ1n) is 3.03. The van der Waals surface area contributed by atoms with E-state index in [1.54, 1.807) is 0 Å². The highest BCUT2D eigenvalue weighted by Gasteiger charge is 2.51. The van der Waals surface area contributed by atoms with Gasteiger partial charge in [-0.3, -0.25) is 0 Å². The van der Waals surface area contributed by atoms with Gasteiger partial charge in [0, 0.05) is 5.38 Å². The first-order valence-corrected chi connectivity index (χ1v) is 3.47. The van der Waals surface area contributed by atoms with Crippen LogP contribution in [0.25, 0.3) is 0 Å². The Bertz CT molecular complexity index is 87.1. The zero-order valence-electron chi connectivity index (χ0n) is 5.35. The number of fused-ring (bicyclic) bond motifs is 1. The molecule has 2 atom stereocenters. The van der Waals surface area contributed by atoms with Crippen LogP contribution in [0.1, 0.15) is 19.3 Å². The second-order valence-electron chi connectivity index (χ2n) is 2.70. The highest BCUT2D eigenvalue weighted by molar-refractivity contribution is 6.23. The molecule has 3 N–H and O–H groups in total. The summed E-state index contributed by atoms with van der Waals surface area (Å²) in [6.45, 7) is 0. The molecule has 3 heteroatoms. The Labute approximate surface area is 67.1 Å². The standard InChI is InChI=1S/C6H9Cl.ClH.H3N/c7-6-4-2-1-3-5(4)6;;/h4-6H,1-3H2;1H;1H3. The highest BCUT2D eigenvalue weighted by atomic mass is 35.5. The van der Waals surface area contributed by atoms with Gasteiger partial charge in [-0.25, -0.2) is 0 Å². The zero-order chi connectivity index (χ0) is 4.85. The second kappa shape index (κ2) is 3.09. The first kappa shape index (κ1) is 9.54. The molecule has 2 aliphatic carbocycles. The summed E-state index contributed by atoms with van der Waals surface area (Å²) in [6, 6.07) is 0. The lowest BCUT2D eigenvalue weighted by molar-refractivity contribution is 0.739. The molecular formula is C6H13Cl2N. The summed E-state index contributed by atoms with van der Waals surface area (Å²) < 4.78 is 0. The third kappa shape index (κ3) is 1.34. The molecule has 0 amide bonds. The fourth-order valence-corrected chi connectivity index (χ4v) is 2.28. The van der Waals surface area contributed by atoms with E-state index in [1.165, 1.54) is 19.3 Å². The molecular weight excluding hydrogens is 157 g/mol. The van der Waals surface area contributed by atoms with Crippen molar-refractivity contribution in [2.45, 2.75) is 24.6 Å². The van der Waals surface area contributed by atoms with Crippen LogP contribution in [-0.2, 0) is 0 Å². The van der Waals surface area contributed by atoms with Crippen molar-refractivity contribution in [3.8, 4) is 0 Å². The Morgan fingerprint density at radius 3 is 1.78 bits per heavy atom. The summed E-state index contributed by atoms with van der Waals surface area (Å²) in [7, 11) is 0. The second-order valence-corrected chi connectivity index (χ2v) is 3.21. The molecule has 0 aromatic rings. The smallest absolute Gasteiger partial charge is 0.0398 e. The molecule has 0 aliphatic heterocycles. The molecule has 56 valence electrons. The minimum absolute atomic E-state index is 0. The Kier molecular flexibility index (Phi) is 3.27. The van der Waals surface area contributed by atoms with Crippen LogP contribution < -0.4 is 6.15 Å². The fraction of sp³-hybridized carbons (Fsp3) is 1.00. The van der Waals surface area contributed by atoms with Gasteiger partial charge in [0.05, 0.1) is 0 Å². The fourth-order valence-electron chi connectivity index (χ4n) is 1.73. The summed E-state index contributed by atoms with van der Waals surface area (Å²) in [4.78, 5) is 0. The lowest BCUT2D eigenvalue weighted by atomic mass is 10.3. The minimum Gasteiger partial charge on any atom is -0.344 e. The Hall–Kier alpha value is 0.540. The van der Waals surface area contributed by atoms with Crippen LogP contribution in [0, 0.1) is 11.8 Å². The molecule has 0 bridgehead atoms. The summed E-state index contributed by atoms with van der Waals surface area (Å²) >= 11 is 5.85. The molecule has 9 heavy (non-hydrogen) atoms. The van der Waals surface area contributed by atoms with Gasteiger partial charge in [0.2, 0.25) is 0 Å². The van der Waals surface area contributed by atoms with Gasteiger partial charge >= 0.3 is 0 Å². The van der Waals surface area contributed by atoms with Crippen molar-refractivity contribution in [1.29, 1.82) is 0 Å². The van der Waals surface area contributed by atoms with Crippen molar-refractivity contribution < 1.29 is 0 Å². The maximum atomic E-state index is 5.85. The molecule has 0 aromatic carbocycles. The van der Waals surface area contributed by atoms with Gasteiger partial charge < -0.3 is 6.15 Å². The molecule has 2 fully saturated rings. The van der Waals surface area contributed by atoms with Crippen LogP contribution in [0.3, 0.4) is 0 Å². The van der Waals surface area contributed by atoms with Gasteiger partial charge in [-0.05, 0) is 24.7 Å². The molecule has 0 aromatic heterocycles. The molecule has 0 saturated heterocycles. The number of hydrogen-bond acceptors (Lipinski definition) is 1. The zero-order valence-corrected chi connectivity index (χ0v) is 6.92. The van der Waals surface area contributed by atoms with Gasteiger partial charge in [-0.15, -0.1) is 24.0 Å². The Morgan fingerprint density at radius 1 is 1.11 bits per heavy atom. The molecule has 0 radical (unpaired) electrons. The van der Waals surface area contributed by atoms with Crippen molar-refractivity contribution in [2.75, 3.05) is 0 Å². The minimum atomic E-state index is 0. The van der Waals surface area contributed by atoms with Crippen molar-refractivity contribution in [2.24, 2.45) is 11.8 Å². The lowest BCUT2D eigenvalue weighted by Crippen LogP contribution is -1.79. The summed E-state index contributed by atoms with van der Waals surface area (Å²) in [5.74, 6) is 1.89. The Balaban J connectivity index is 0.000000320. The maximum Gasteiger partial charge on any atom is 0.0398 e. The summed E-state index contributed by atoms with van der Waals surface area (Å²) in [6.07, 6.45) is 4.27. The van der Waals surface area contributed by atoms with E-state index in [1.807, 2.05) is 0 Å².